The molecule has 4 aromatic carbocycles. The van der Waals surface area contributed by atoms with Crippen LogP contribution in [0.5, 0.6) is 5.75 Å². The van der Waals surface area contributed by atoms with E-state index < -0.39 is 0 Å². The van der Waals surface area contributed by atoms with Crippen molar-refractivity contribution < 1.29 is 13.9 Å². The fraction of sp³-hybridized carbons (Fsp3) is 0.290. The summed E-state index contributed by atoms with van der Waals surface area (Å²) in [6.07, 6.45) is 1.00. The third-order valence-electron chi connectivity index (χ3n) is 6.31. The molecule has 36 heavy (non-hydrogen) atoms. The Balaban J connectivity index is 0.000000967. The SMILES string of the molecule is CNC.Fc1ccc([C@H]2CCNC[C@@H]2OCc2cc(OCc3ccccc3)c3ccccc3c2)cc1. The molecule has 1 heterocycles. The molecule has 0 amide bonds. The Hall–Kier alpha value is -3.25. The molecular formula is C31H35FN2O2. The van der Waals surface area contributed by atoms with Gasteiger partial charge < -0.3 is 20.1 Å². The van der Waals surface area contributed by atoms with Crippen molar-refractivity contribution in [1.82, 2.24) is 10.6 Å². The standard InChI is InChI=1S/C29H28FNO2.C2H7N/c30-25-12-10-23(11-13-25)27-14-15-31-18-29(27)33-20-22-16-24-8-4-5-9-26(24)28(17-22)32-19-21-6-2-1-3-7-21;1-3-2/h1-13,16-17,27,29,31H,14-15,18-20H2;3H,1-2H3/t27-,29+;/m1./s1. The van der Waals surface area contributed by atoms with Crippen LogP contribution in [0.15, 0.2) is 91.0 Å². The number of ether oxygens (including phenoxy) is 2. The number of hydrogen-bond donors (Lipinski definition) is 2. The highest BCUT2D eigenvalue weighted by molar-refractivity contribution is 5.89. The molecule has 1 aliphatic heterocycles. The zero-order valence-electron chi connectivity index (χ0n) is 21.0. The fourth-order valence-corrected chi connectivity index (χ4v) is 4.57. The Morgan fingerprint density at radius 1 is 0.861 bits per heavy atom. The molecule has 5 heteroatoms. The second-order valence-corrected chi connectivity index (χ2v) is 9.09. The van der Waals surface area contributed by atoms with Crippen LogP contribution in [0.25, 0.3) is 10.8 Å². The molecule has 4 aromatic rings. The van der Waals surface area contributed by atoms with Gasteiger partial charge in [-0.15, -0.1) is 0 Å². The van der Waals surface area contributed by atoms with Gasteiger partial charge in [0.1, 0.15) is 18.2 Å². The number of halogens is 1. The van der Waals surface area contributed by atoms with Gasteiger partial charge in [0, 0.05) is 17.8 Å². The summed E-state index contributed by atoms with van der Waals surface area (Å²) in [7, 11) is 3.75. The Kier molecular flexibility index (Phi) is 9.45. The molecule has 0 unspecified atom stereocenters. The maximum Gasteiger partial charge on any atom is 0.127 e. The van der Waals surface area contributed by atoms with Crippen LogP contribution in [-0.2, 0) is 18.0 Å². The monoisotopic (exact) mass is 486 g/mol. The molecule has 0 aromatic heterocycles. The number of benzene rings is 4. The Morgan fingerprint density at radius 2 is 1.58 bits per heavy atom. The summed E-state index contributed by atoms with van der Waals surface area (Å²) in [5.74, 6) is 0.915. The maximum absolute atomic E-state index is 13.4. The molecular weight excluding hydrogens is 451 g/mol. The minimum atomic E-state index is -0.204. The van der Waals surface area contributed by atoms with Crippen LogP contribution in [0.4, 0.5) is 4.39 Å². The Bertz CT molecular complexity index is 1210. The van der Waals surface area contributed by atoms with Gasteiger partial charge in [0.15, 0.2) is 0 Å². The van der Waals surface area contributed by atoms with Crippen LogP contribution in [0.3, 0.4) is 0 Å². The Labute approximate surface area is 213 Å². The lowest BCUT2D eigenvalue weighted by molar-refractivity contribution is 0.0106. The number of piperidine rings is 1. The van der Waals surface area contributed by atoms with Gasteiger partial charge in [-0.3, -0.25) is 0 Å². The third-order valence-corrected chi connectivity index (χ3v) is 6.31. The van der Waals surface area contributed by atoms with Crippen LogP contribution in [-0.4, -0.2) is 33.3 Å². The number of rotatable bonds is 7. The zero-order chi connectivity index (χ0) is 25.2. The highest BCUT2D eigenvalue weighted by Gasteiger charge is 2.27. The first kappa shape index (κ1) is 25.8. The highest BCUT2D eigenvalue weighted by atomic mass is 19.1. The molecule has 0 saturated carbocycles. The zero-order valence-corrected chi connectivity index (χ0v) is 21.0. The molecule has 188 valence electrons. The summed E-state index contributed by atoms with van der Waals surface area (Å²) in [6.45, 7) is 2.74. The fourth-order valence-electron chi connectivity index (χ4n) is 4.57. The average molecular weight is 487 g/mol. The first-order valence-electron chi connectivity index (χ1n) is 12.5. The van der Waals surface area contributed by atoms with E-state index >= 15 is 0 Å². The molecule has 0 bridgehead atoms. The van der Waals surface area contributed by atoms with Gasteiger partial charge in [-0.1, -0.05) is 66.7 Å². The van der Waals surface area contributed by atoms with E-state index in [0.717, 1.165) is 52.7 Å². The molecule has 2 atom stereocenters. The molecule has 0 radical (unpaired) electrons. The normalized spacial score (nSPS) is 17.3. The average Bonchev–Trinajstić information content (AvgIpc) is 2.92. The van der Waals surface area contributed by atoms with E-state index in [-0.39, 0.29) is 17.8 Å². The van der Waals surface area contributed by atoms with Crippen molar-refractivity contribution in [3.63, 3.8) is 0 Å². The molecule has 0 aliphatic carbocycles. The smallest absolute Gasteiger partial charge is 0.127 e. The summed E-state index contributed by atoms with van der Waals surface area (Å²) < 4.78 is 26.1. The lowest BCUT2D eigenvalue weighted by Crippen LogP contribution is -2.40. The summed E-state index contributed by atoms with van der Waals surface area (Å²) >= 11 is 0. The van der Waals surface area contributed by atoms with Crippen molar-refractivity contribution >= 4 is 10.8 Å². The van der Waals surface area contributed by atoms with Gasteiger partial charge in [-0.25, -0.2) is 4.39 Å². The van der Waals surface area contributed by atoms with E-state index in [1.54, 1.807) is 0 Å². The van der Waals surface area contributed by atoms with Crippen LogP contribution < -0.4 is 15.4 Å². The van der Waals surface area contributed by atoms with Crippen molar-refractivity contribution in [3.8, 4) is 5.75 Å². The van der Waals surface area contributed by atoms with Crippen LogP contribution in [0.1, 0.15) is 29.0 Å². The van der Waals surface area contributed by atoms with E-state index in [2.05, 4.69) is 47.0 Å². The number of nitrogens with one attached hydrogen (secondary N) is 2. The van der Waals surface area contributed by atoms with E-state index in [9.17, 15) is 4.39 Å². The van der Waals surface area contributed by atoms with Gasteiger partial charge in [0.25, 0.3) is 0 Å². The van der Waals surface area contributed by atoms with E-state index in [4.69, 9.17) is 9.47 Å². The first-order chi connectivity index (χ1) is 17.7. The predicted octanol–water partition coefficient (Wildman–Crippen LogP) is 6.06. The Morgan fingerprint density at radius 3 is 2.36 bits per heavy atom. The summed E-state index contributed by atoms with van der Waals surface area (Å²) in [5.41, 5.74) is 3.35. The van der Waals surface area contributed by atoms with Crippen molar-refractivity contribution in [2.45, 2.75) is 31.7 Å². The minimum absolute atomic E-state index is 0.0318. The maximum atomic E-state index is 13.4. The first-order valence-corrected chi connectivity index (χ1v) is 12.5. The molecule has 2 N–H and O–H groups in total. The molecule has 4 nitrogen and oxygen atoms in total. The molecule has 5 rings (SSSR count). The van der Waals surface area contributed by atoms with Gasteiger partial charge in [-0.2, -0.15) is 0 Å². The highest BCUT2D eigenvalue weighted by Crippen LogP contribution is 2.31. The topological polar surface area (TPSA) is 42.5 Å². The summed E-state index contributed by atoms with van der Waals surface area (Å²) in [6, 6.07) is 29.6. The van der Waals surface area contributed by atoms with Crippen molar-refractivity contribution in [2.24, 2.45) is 0 Å². The second-order valence-electron chi connectivity index (χ2n) is 9.09. The largest absolute Gasteiger partial charge is 0.488 e. The third kappa shape index (κ3) is 6.91. The van der Waals surface area contributed by atoms with Crippen molar-refractivity contribution in [3.05, 3.63) is 114 Å². The van der Waals surface area contributed by atoms with Crippen molar-refractivity contribution in [2.75, 3.05) is 27.2 Å². The lowest BCUT2D eigenvalue weighted by atomic mass is 9.88. The van der Waals surface area contributed by atoms with Crippen LogP contribution in [0.2, 0.25) is 0 Å². The van der Waals surface area contributed by atoms with E-state index in [1.807, 2.05) is 56.6 Å². The predicted molar refractivity (Wildman–Crippen MR) is 145 cm³/mol. The van der Waals surface area contributed by atoms with E-state index in [0.29, 0.717) is 13.2 Å². The molecule has 0 spiro atoms. The van der Waals surface area contributed by atoms with E-state index in [1.165, 1.54) is 12.1 Å². The number of fused-ring (bicyclic) bond motifs is 1. The van der Waals surface area contributed by atoms with Crippen LogP contribution >= 0.6 is 0 Å². The minimum Gasteiger partial charge on any atom is -0.488 e. The van der Waals surface area contributed by atoms with Gasteiger partial charge in [0.05, 0.1) is 12.7 Å². The van der Waals surface area contributed by atoms with Crippen LogP contribution in [0, 0.1) is 5.82 Å². The molecule has 1 saturated heterocycles. The quantitative estimate of drug-likeness (QED) is 0.333. The summed E-state index contributed by atoms with van der Waals surface area (Å²) in [5, 5.41) is 8.42. The molecule has 1 aliphatic rings. The number of hydrogen-bond acceptors (Lipinski definition) is 4. The van der Waals surface area contributed by atoms with Crippen molar-refractivity contribution in [1.29, 1.82) is 0 Å². The second kappa shape index (κ2) is 13.2. The van der Waals surface area contributed by atoms with Gasteiger partial charge in [-0.05, 0) is 73.4 Å². The molecule has 1 fully saturated rings. The summed E-state index contributed by atoms with van der Waals surface area (Å²) in [4.78, 5) is 0. The van der Waals surface area contributed by atoms with Gasteiger partial charge in [0.2, 0.25) is 0 Å². The lowest BCUT2D eigenvalue weighted by Gasteiger charge is -2.32. The van der Waals surface area contributed by atoms with Gasteiger partial charge >= 0.3 is 0 Å².